The molecule has 0 aromatic carbocycles. The van der Waals surface area contributed by atoms with Crippen molar-refractivity contribution >= 4 is 16.5 Å². The molecule has 1 N–H and O–H groups in total. The third-order valence-corrected chi connectivity index (χ3v) is 5.39. The minimum atomic E-state index is 0.718. The molecule has 0 bridgehead atoms. The summed E-state index contributed by atoms with van der Waals surface area (Å²) in [5.74, 6) is 0. The largest absolute Gasteiger partial charge is 0.345 e. The first kappa shape index (κ1) is 15.8. The van der Waals surface area contributed by atoms with Crippen molar-refractivity contribution in [2.45, 2.75) is 71.9 Å². The minimum absolute atomic E-state index is 0.718. The Bertz CT molecular complexity index is 396. The summed E-state index contributed by atoms with van der Waals surface area (Å²) < 4.78 is 0. The zero-order valence-electron chi connectivity index (χ0n) is 13.2. The van der Waals surface area contributed by atoms with Crippen molar-refractivity contribution < 1.29 is 0 Å². The fraction of sp³-hybridized carbons (Fsp3) is 0.812. The summed E-state index contributed by atoms with van der Waals surface area (Å²) in [5, 5.41) is 4.73. The van der Waals surface area contributed by atoms with E-state index in [0.29, 0.717) is 0 Å². The van der Waals surface area contributed by atoms with E-state index in [1.165, 1.54) is 54.2 Å². The lowest BCUT2D eigenvalue weighted by Gasteiger charge is -2.33. The van der Waals surface area contributed by atoms with E-state index >= 15 is 0 Å². The topological polar surface area (TPSA) is 28.2 Å². The van der Waals surface area contributed by atoms with Gasteiger partial charge in [0.05, 0.1) is 5.69 Å². The predicted octanol–water partition coefficient (Wildman–Crippen LogP) is 4.11. The molecule has 0 amide bonds. The van der Waals surface area contributed by atoms with Gasteiger partial charge in [0.15, 0.2) is 5.13 Å². The molecule has 1 aromatic heterocycles. The smallest absolute Gasteiger partial charge is 0.186 e. The van der Waals surface area contributed by atoms with Gasteiger partial charge in [-0.2, -0.15) is 0 Å². The third kappa shape index (κ3) is 3.95. The first-order chi connectivity index (χ1) is 9.76. The standard InChI is InChI=1S/C16H29N3S/c1-4-11-17-12-15-13(3)18-16(20-15)19(5-2)14-9-7-6-8-10-14/h14,17H,4-12H2,1-3H3. The van der Waals surface area contributed by atoms with Crippen LogP contribution in [0.4, 0.5) is 5.13 Å². The zero-order chi connectivity index (χ0) is 14.4. The van der Waals surface area contributed by atoms with E-state index in [1.54, 1.807) is 0 Å². The number of aryl methyl sites for hydroxylation is 1. The van der Waals surface area contributed by atoms with Crippen LogP contribution in [0, 0.1) is 6.92 Å². The van der Waals surface area contributed by atoms with E-state index in [-0.39, 0.29) is 0 Å². The van der Waals surface area contributed by atoms with Crippen molar-refractivity contribution in [3.05, 3.63) is 10.6 Å². The average molecular weight is 295 g/mol. The van der Waals surface area contributed by atoms with Gasteiger partial charge in [-0.15, -0.1) is 11.3 Å². The van der Waals surface area contributed by atoms with Crippen LogP contribution in [0.3, 0.4) is 0 Å². The van der Waals surface area contributed by atoms with Crippen LogP contribution in [0.5, 0.6) is 0 Å². The van der Waals surface area contributed by atoms with E-state index in [0.717, 1.165) is 25.7 Å². The lowest BCUT2D eigenvalue weighted by atomic mass is 9.94. The number of rotatable bonds is 7. The molecular weight excluding hydrogens is 266 g/mol. The molecule has 1 aliphatic rings. The maximum atomic E-state index is 4.84. The molecule has 1 aliphatic carbocycles. The number of nitrogens with one attached hydrogen (secondary N) is 1. The highest BCUT2D eigenvalue weighted by molar-refractivity contribution is 7.15. The van der Waals surface area contributed by atoms with Gasteiger partial charge in [0.2, 0.25) is 0 Å². The van der Waals surface area contributed by atoms with Crippen molar-refractivity contribution in [1.29, 1.82) is 0 Å². The van der Waals surface area contributed by atoms with Gasteiger partial charge in [-0.25, -0.2) is 4.98 Å². The van der Waals surface area contributed by atoms with E-state index in [9.17, 15) is 0 Å². The highest BCUT2D eigenvalue weighted by Gasteiger charge is 2.23. The van der Waals surface area contributed by atoms with Gasteiger partial charge in [-0.3, -0.25) is 0 Å². The molecule has 1 heterocycles. The maximum absolute atomic E-state index is 4.84. The number of nitrogens with zero attached hydrogens (tertiary/aromatic N) is 2. The molecule has 0 radical (unpaired) electrons. The Balaban J connectivity index is 2.03. The summed E-state index contributed by atoms with van der Waals surface area (Å²) >= 11 is 1.89. The molecule has 0 atom stereocenters. The molecule has 1 saturated carbocycles. The zero-order valence-corrected chi connectivity index (χ0v) is 14.1. The molecule has 114 valence electrons. The Kier molecular flexibility index (Phi) is 6.30. The van der Waals surface area contributed by atoms with Gasteiger partial charge >= 0.3 is 0 Å². The Morgan fingerprint density at radius 2 is 2.00 bits per heavy atom. The molecule has 0 spiro atoms. The number of aromatic nitrogens is 1. The van der Waals surface area contributed by atoms with Crippen LogP contribution in [0.15, 0.2) is 0 Å². The molecule has 0 aliphatic heterocycles. The summed E-state index contributed by atoms with van der Waals surface area (Å²) in [6.45, 7) is 9.77. The van der Waals surface area contributed by atoms with Crippen molar-refractivity contribution in [2.24, 2.45) is 0 Å². The summed E-state index contributed by atoms with van der Waals surface area (Å²) in [5.41, 5.74) is 1.21. The lowest BCUT2D eigenvalue weighted by molar-refractivity contribution is 0.418. The minimum Gasteiger partial charge on any atom is -0.345 e. The summed E-state index contributed by atoms with van der Waals surface area (Å²) in [4.78, 5) is 8.79. The summed E-state index contributed by atoms with van der Waals surface area (Å²) in [6, 6.07) is 0.718. The molecule has 0 saturated heterocycles. The number of anilines is 1. The quantitative estimate of drug-likeness (QED) is 0.767. The first-order valence-electron chi connectivity index (χ1n) is 8.19. The molecule has 3 nitrogen and oxygen atoms in total. The first-order valence-corrected chi connectivity index (χ1v) is 9.01. The van der Waals surface area contributed by atoms with Gasteiger partial charge in [0, 0.05) is 24.0 Å². The van der Waals surface area contributed by atoms with Crippen molar-refractivity contribution in [3.63, 3.8) is 0 Å². The average Bonchev–Trinajstić information content (AvgIpc) is 2.82. The van der Waals surface area contributed by atoms with Crippen LogP contribution >= 0.6 is 11.3 Å². The fourth-order valence-corrected chi connectivity index (χ4v) is 4.19. The van der Waals surface area contributed by atoms with Crippen LogP contribution < -0.4 is 10.2 Å². The molecule has 0 unspecified atom stereocenters. The number of hydrogen-bond acceptors (Lipinski definition) is 4. The highest BCUT2D eigenvalue weighted by atomic mass is 32.1. The Labute approximate surface area is 127 Å². The highest BCUT2D eigenvalue weighted by Crippen LogP contribution is 2.31. The Morgan fingerprint density at radius 3 is 2.65 bits per heavy atom. The van der Waals surface area contributed by atoms with Gasteiger partial charge in [0.25, 0.3) is 0 Å². The molecule has 4 heteroatoms. The van der Waals surface area contributed by atoms with Gasteiger partial charge in [-0.05, 0) is 39.7 Å². The maximum Gasteiger partial charge on any atom is 0.186 e. The van der Waals surface area contributed by atoms with Crippen molar-refractivity contribution in [3.8, 4) is 0 Å². The molecular formula is C16H29N3S. The van der Waals surface area contributed by atoms with E-state index < -0.39 is 0 Å². The second-order valence-corrected chi connectivity index (χ2v) is 6.82. The van der Waals surface area contributed by atoms with E-state index in [1.807, 2.05) is 11.3 Å². The second-order valence-electron chi connectivity index (χ2n) is 5.76. The van der Waals surface area contributed by atoms with Crippen LogP contribution in [-0.2, 0) is 6.54 Å². The Morgan fingerprint density at radius 1 is 1.25 bits per heavy atom. The van der Waals surface area contributed by atoms with E-state index in [4.69, 9.17) is 4.98 Å². The second kappa shape index (κ2) is 7.99. The van der Waals surface area contributed by atoms with Gasteiger partial charge in [-0.1, -0.05) is 26.2 Å². The molecule has 1 aromatic rings. The monoisotopic (exact) mass is 295 g/mol. The Hall–Kier alpha value is -0.610. The van der Waals surface area contributed by atoms with Crippen LogP contribution in [0.25, 0.3) is 0 Å². The molecule has 1 fully saturated rings. The normalized spacial score (nSPS) is 16.6. The van der Waals surface area contributed by atoms with Crippen LogP contribution in [0.1, 0.15) is 62.9 Å². The summed E-state index contributed by atoms with van der Waals surface area (Å²) in [7, 11) is 0. The van der Waals surface area contributed by atoms with Crippen molar-refractivity contribution in [1.82, 2.24) is 10.3 Å². The lowest BCUT2D eigenvalue weighted by Crippen LogP contribution is -2.36. The number of hydrogen-bond donors (Lipinski definition) is 1. The number of thiazole rings is 1. The van der Waals surface area contributed by atoms with Crippen LogP contribution in [0.2, 0.25) is 0 Å². The summed E-state index contributed by atoms with van der Waals surface area (Å²) in [6.07, 6.45) is 8.06. The van der Waals surface area contributed by atoms with Crippen LogP contribution in [-0.4, -0.2) is 24.1 Å². The van der Waals surface area contributed by atoms with Gasteiger partial charge < -0.3 is 10.2 Å². The SMILES string of the molecule is CCCNCc1sc(N(CC)C2CCCCC2)nc1C. The fourth-order valence-electron chi connectivity index (χ4n) is 3.02. The van der Waals surface area contributed by atoms with E-state index in [2.05, 4.69) is 31.0 Å². The molecule has 20 heavy (non-hydrogen) atoms. The van der Waals surface area contributed by atoms with Crippen molar-refractivity contribution in [2.75, 3.05) is 18.0 Å². The predicted molar refractivity (Wildman–Crippen MR) is 88.7 cm³/mol. The van der Waals surface area contributed by atoms with Gasteiger partial charge in [0.1, 0.15) is 0 Å². The molecule has 2 rings (SSSR count). The third-order valence-electron chi connectivity index (χ3n) is 4.20.